The van der Waals surface area contributed by atoms with Gasteiger partial charge >= 0.3 is 0 Å². The first-order valence-electron chi connectivity index (χ1n) is 12.9. The molecule has 7 nitrogen and oxygen atoms in total. The third-order valence-electron chi connectivity index (χ3n) is 6.83. The summed E-state index contributed by atoms with van der Waals surface area (Å²) in [4.78, 5) is 39.7. The minimum atomic E-state index is -0.200. The van der Waals surface area contributed by atoms with Crippen LogP contribution >= 0.6 is 0 Å². The number of nitrogens with zero attached hydrogens (tertiary/aromatic N) is 1. The smallest absolute Gasteiger partial charge is 0.253 e. The van der Waals surface area contributed by atoms with E-state index < -0.39 is 0 Å². The van der Waals surface area contributed by atoms with Crippen molar-refractivity contribution in [2.75, 3.05) is 30.3 Å². The third-order valence-corrected chi connectivity index (χ3v) is 6.83. The monoisotopic (exact) mass is 476 g/mol. The van der Waals surface area contributed by atoms with Gasteiger partial charge in [0.2, 0.25) is 5.91 Å². The highest BCUT2D eigenvalue weighted by Crippen LogP contribution is 2.19. The first kappa shape index (κ1) is 24.8. The maximum Gasteiger partial charge on any atom is 0.253 e. The van der Waals surface area contributed by atoms with Crippen LogP contribution < -0.4 is 16.0 Å². The zero-order valence-corrected chi connectivity index (χ0v) is 20.4. The van der Waals surface area contributed by atoms with E-state index in [1.807, 2.05) is 17.0 Å². The van der Waals surface area contributed by atoms with Crippen LogP contribution in [-0.4, -0.2) is 48.3 Å². The molecule has 4 rings (SSSR count). The molecule has 1 aliphatic heterocycles. The summed E-state index contributed by atoms with van der Waals surface area (Å²) in [7, 11) is 0. The average molecular weight is 477 g/mol. The molecule has 186 valence electrons. The first-order chi connectivity index (χ1) is 17.1. The summed E-state index contributed by atoms with van der Waals surface area (Å²) in [5.74, 6) is -0.215. The van der Waals surface area contributed by atoms with Crippen LogP contribution in [0.1, 0.15) is 78.5 Å². The molecule has 0 radical (unpaired) electrons. The van der Waals surface area contributed by atoms with Crippen LogP contribution in [0.5, 0.6) is 0 Å². The van der Waals surface area contributed by atoms with Crippen molar-refractivity contribution in [1.82, 2.24) is 10.2 Å². The lowest BCUT2D eigenvalue weighted by Gasteiger charge is -2.22. The lowest BCUT2D eigenvalue weighted by atomic mass is 9.95. The quantitative estimate of drug-likeness (QED) is 0.535. The van der Waals surface area contributed by atoms with Gasteiger partial charge in [-0.1, -0.05) is 38.2 Å². The third kappa shape index (κ3) is 7.31. The van der Waals surface area contributed by atoms with Gasteiger partial charge in [0.1, 0.15) is 0 Å². The molecule has 2 aliphatic rings. The molecule has 1 saturated heterocycles. The summed E-state index contributed by atoms with van der Waals surface area (Å²) < 4.78 is 0. The topological polar surface area (TPSA) is 90.5 Å². The molecule has 0 spiro atoms. The predicted molar refractivity (Wildman–Crippen MR) is 139 cm³/mol. The number of benzene rings is 2. The molecule has 0 atom stereocenters. The minimum absolute atomic E-state index is 0.0545. The molecule has 0 aromatic heterocycles. The van der Waals surface area contributed by atoms with Gasteiger partial charge in [0.15, 0.2) is 0 Å². The Morgan fingerprint density at radius 3 is 2.17 bits per heavy atom. The van der Waals surface area contributed by atoms with E-state index >= 15 is 0 Å². The van der Waals surface area contributed by atoms with Crippen molar-refractivity contribution in [2.24, 2.45) is 0 Å². The van der Waals surface area contributed by atoms with E-state index in [9.17, 15) is 14.4 Å². The van der Waals surface area contributed by atoms with Crippen molar-refractivity contribution in [1.29, 1.82) is 0 Å². The van der Waals surface area contributed by atoms with Gasteiger partial charge in [-0.2, -0.15) is 0 Å². The predicted octanol–water partition coefficient (Wildman–Crippen LogP) is 4.82. The number of anilines is 2. The second-order valence-electron chi connectivity index (χ2n) is 9.57. The first-order valence-corrected chi connectivity index (χ1v) is 12.9. The van der Waals surface area contributed by atoms with Gasteiger partial charge in [0, 0.05) is 41.6 Å². The highest BCUT2D eigenvalue weighted by Gasteiger charge is 2.18. The van der Waals surface area contributed by atoms with E-state index in [0.29, 0.717) is 16.8 Å². The van der Waals surface area contributed by atoms with Gasteiger partial charge in [-0.05, 0) is 68.1 Å². The Morgan fingerprint density at radius 1 is 0.771 bits per heavy atom. The zero-order chi connectivity index (χ0) is 24.5. The van der Waals surface area contributed by atoms with Gasteiger partial charge in [-0.25, -0.2) is 0 Å². The van der Waals surface area contributed by atoms with Gasteiger partial charge in [-0.15, -0.1) is 0 Å². The number of amides is 3. The average Bonchev–Trinajstić information content (AvgIpc) is 3.18. The molecule has 0 unspecified atom stereocenters. The molecular weight excluding hydrogens is 440 g/mol. The standard InChI is InChI=1S/C28H36N4O3/c33-26(30-24-15-13-21(14-16-24)28(35)32-17-6-1-2-7-18-32)20-29-25-12-8-9-22(19-25)27(34)31-23-10-4-3-5-11-23/h8-9,12-16,19,23,29H,1-7,10-11,17-18,20H2,(H,30,33)(H,31,34). The van der Waals surface area contributed by atoms with Crippen molar-refractivity contribution in [3.8, 4) is 0 Å². The summed E-state index contributed by atoms with van der Waals surface area (Å²) in [5, 5.41) is 9.07. The Hall–Kier alpha value is -3.35. The van der Waals surface area contributed by atoms with E-state index in [1.54, 1.807) is 36.4 Å². The fourth-order valence-electron chi connectivity index (χ4n) is 4.83. The lowest BCUT2D eigenvalue weighted by Crippen LogP contribution is -2.36. The Kier molecular flexibility index (Phi) is 8.76. The maximum atomic E-state index is 12.7. The second kappa shape index (κ2) is 12.4. The van der Waals surface area contributed by atoms with Crippen LogP contribution in [0, 0.1) is 0 Å². The molecule has 1 saturated carbocycles. The number of rotatable bonds is 7. The zero-order valence-electron chi connectivity index (χ0n) is 20.4. The van der Waals surface area contributed by atoms with Gasteiger partial charge in [-0.3, -0.25) is 14.4 Å². The van der Waals surface area contributed by atoms with E-state index in [0.717, 1.165) is 44.5 Å². The van der Waals surface area contributed by atoms with Gasteiger partial charge in [0.05, 0.1) is 6.54 Å². The SMILES string of the molecule is O=C(CNc1cccc(C(=O)NC2CCCCC2)c1)Nc1ccc(C(=O)N2CCCCCC2)cc1. The highest BCUT2D eigenvalue weighted by molar-refractivity contribution is 5.97. The van der Waals surface area contributed by atoms with Gasteiger partial charge in [0.25, 0.3) is 11.8 Å². The molecule has 2 aromatic carbocycles. The Balaban J connectivity index is 1.25. The summed E-state index contributed by atoms with van der Waals surface area (Å²) in [6.07, 6.45) is 10.1. The van der Waals surface area contributed by atoms with E-state index in [1.165, 1.54) is 32.1 Å². The molecule has 1 heterocycles. The second-order valence-corrected chi connectivity index (χ2v) is 9.57. The molecule has 35 heavy (non-hydrogen) atoms. The highest BCUT2D eigenvalue weighted by atomic mass is 16.2. The number of likely N-dealkylation sites (tertiary alicyclic amines) is 1. The Bertz CT molecular complexity index is 1010. The number of carbonyl (C=O) groups excluding carboxylic acids is 3. The van der Waals surface area contributed by atoms with Crippen molar-refractivity contribution in [3.63, 3.8) is 0 Å². The molecule has 2 aromatic rings. The fourth-order valence-corrected chi connectivity index (χ4v) is 4.83. The molecule has 0 bridgehead atoms. The van der Waals surface area contributed by atoms with Crippen LogP contribution in [0.15, 0.2) is 48.5 Å². The van der Waals surface area contributed by atoms with Crippen molar-refractivity contribution < 1.29 is 14.4 Å². The molecule has 3 N–H and O–H groups in total. The van der Waals surface area contributed by atoms with Crippen LogP contribution in [0.3, 0.4) is 0 Å². The molecule has 1 aliphatic carbocycles. The molecule has 2 fully saturated rings. The van der Waals surface area contributed by atoms with Crippen LogP contribution in [0.2, 0.25) is 0 Å². The normalized spacial score (nSPS) is 16.7. The van der Waals surface area contributed by atoms with E-state index in [2.05, 4.69) is 16.0 Å². The lowest BCUT2D eigenvalue weighted by molar-refractivity contribution is -0.114. The van der Waals surface area contributed by atoms with E-state index in [4.69, 9.17) is 0 Å². The largest absolute Gasteiger partial charge is 0.376 e. The van der Waals surface area contributed by atoms with Crippen LogP contribution in [-0.2, 0) is 4.79 Å². The minimum Gasteiger partial charge on any atom is -0.376 e. The summed E-state index contributed by atoms with van der Waals surface area (Å²) in [5.41, 5.74) is 2.59. The number of carbonyl (C=O) groups is 3. The summed E-state index contributed by atoms with van der Waals surface area (Å²) in [6, 6.07) is 14.5. The Labute approximate surface area is 207 Å². The van der Waals surface area contributed by atoms with E-state index in [-0.39, 0.29) is 30.3 Å². The van der Waals surface area contributed by atoms with Gasteiger partial charge < -0.3 is 20.9 Å². The summed E-state index contributed by atoms with van der Waals surface area (Å²) >= 11 is 0. The number of nitrogens with one attached hydrogen (secondary N) is 3. The Morgan fingerprint density at radius 2 is 1.46 bits per heavy atom. The fraction of sp³-hybridized carbons (Fsp3) is 0.464. The maximum absolute atomic E-state index is 12.7. The number of hydrogen-bond acceptors (Lipinski definition) is 4. The summed E-state index contributed by atoms with van der Waals surface area (Å²) in [6.45, 7) is 1.70. The van der Waals surface area contributed by atoms with Crippen LogP contribution in [0.4, 0.5) is 11.4 Å². The van der Waals surface area contributed by atoms with Crippen molar-refractivity contribution >= 4 is 29.1 Å². The van der Waals surface area contributed by atoms with Crippen molar-refractivity contribution in [3.05, 3.63) is 59.7 Å². The molecule has 3 amide bonds. The van der Waals surface area contributed by atoms with Crippen LogP contribution in [0.25, 0.3) is 0 Å². The molecular formula is C28H36N4O3. The molecule has 7 heteroatoms. The number of hydrogen-bond donors (Lipinski definition) is 3. The van der Waals surface area contributed by atoms with Crippen molar-refractivity contribution in [2.45, 2.75) is 63.8 Å².